The van der Waals surface area contributed by atoms with Crippen molar-refractivity contribution in [2.24, 2.45) is 5.92 Å². The fourth-order valence-corrected chi connectivity index (χ4v) is 1.80. The SMILES string of the molecule is CCC1CCC(O)(C(F)F)CC1. The molecular formula is C9H16F2O. The van der Waals surface area contributed by atoms with Crippen LogP contribution in [-0.2, 0) is 0 Å². The van der Waals surface area contributed by atoms with Crippen molar-refractivity contribution in [1.82, 2.24) is 0 Å². The normalized spacial score (nSPS) is 37.2. The summed E-state index contributed by atoms with van der Waals surface area (Å²) < 4.78 is 24.6. The van der Waals surface area contributed by atoms with Crippen LogP contribution >= 0.6 is 0 Å². The molecule has 0 aliphatic heterocycles. The average molecular weight is 178 g/mol. The Morgan fingerprint density at radius 2 is 1.92 bits per heavy atom. The fourth-order valence-electron chi connectivity index (χ4n) is 1.80. The molecule has 0 aromatic rings. The van der Waals surface area contributed by atoms with Crippen LogP contribution in [0.1, 0.15) is 39.0 Å². The molecule has 1 rings (SSSR count). The van der Waals surface area contributed by atoms with Crippen molar-refractivity contribution in [1.29, 1.82) is 0 Å². The van der Waals surface area contributed by atoms with Crippen LogP contribution in [0, 0.1) is 5.92 Å². The Bertz CT molecular complexity index is 139. The molecule has 0 heterocycles. The maximum Gasteiger partial charge on any atom is 0.266 e. The molecule has 1 aliphatic carbocycles. The molecule has 3 heteroatoms. The summed E-state index contributed by atoms with van der Waals surface area (Å²) >= 11 is 0. The van der Waals surface area contributed by atoms with E-state index in [1.807, 2.05) is 0 Å². The zero-order chi connectivity index (χ0) is 9.19. The van der Waals surface area contributed by atoms with Gasteiger partial charge in [0.1, 0.15) is 5.60 Å². The van der Waals surface area contributed by atoms with Gasteiger partial charge in [0, 0.05) is 0 Å². The molecule has 1 saturated carbocycles. The highest BCUT2D eigenvalue weighted by Crippen LogP contribution is 2.37. The standard InChI is InChI=1S/C9H16F2O/c1-2-7-3-5-9(12,6-4-7)8(10)11/h7-8,12H,2-6H2,1H3. The van der Waals surface area contributed by atoms with Gasteiger partial charge in [-0.25, -0.2) is 8.78 Å². The summed E-state index contributed by atoms with van der Waals surface area (Å²) in [5, 5.41) is 9.41. The van der Waals surface area contributed by atoms with Gasteiger partial charge in [0.05, 0.1) is 0 Å². The van der Waals surface area contributed by atoms with Crippen LogP contribution in [0.15, 0.2) is 0 Å². The van der Waals surface area contributed by atoms with E-state index < -0.39 is 12.0 Å². The van der Waals surface area contributed by atoms with Gasteiger partial charge >= 0.3 is 0 Å². The summed E-state index contributed by atoms with van der Waals surface area (Å²) in [7, 11) is 0. The van der Waals surface area contributed by atoms with Crippen LogP contribution in [0.25, 0.3) is 0 Å². The molecule has 1 fully saturated rings. The Hall–Kier alpha value is -0.180. The van der Waals surface area contributed by atoms with Gasteiger partial charge in [-0.1, -0.05) is 13.3 Å². The van der Waals surface area contributed by atoms with Crippen LogP contribution < -0.4 is 0 Å². The molecular weight excluding hydrogens is 162 g/mol. The van der Waals surface area contributed by atoms with Crippen LogP contribution in [0.3, 0.4) is 0 Å². The number of hydrogen-bond donors (Lipinski definition) is 1. The minimum atomic E-state index is -2.57. The topological polar surface area (TPSA) is 20.2 Å². The lowest BCUT2D eigenvalue weighted by Gasteiger charge is -2.34. The van der Waals surface area contributed by atoms with Gasteiger partial charge < -0.3 is 5.11 Å². The van der Waals surface area contributed by atoms with E-state index in [9.17, 15) is 13.9 Å². The van der Waals surface area contributed by atoms with Gasteiger partial charge in [-0.05, 0) is 31.6 Å². The van der Waals surface area contributed by atoms with E-state index in [1.165, 1.54) is 0 Å². The minimum Gasteiger partial charge on any atom is -0.384 e. The van der Waals surface area contributed by atoms with Gasteiger partial charge in [0.15, 0.2) is 0 Å². The maximum atomic E-state index is 12.3. The first-order valence-corrected chi connectivity index (χ1v) is 4.59. The van der Waals surface area contributed by atoms with Gasteiger partial charge in [0.2, 0.25) is 0 Å². The first kappa shape index (κ1) is 9.90. The minimum absolute atomic E-state index is 0.267. The van der Waals surface area contributed by atoms with Crippen molar-refractivity contribution in [3.63, 3.8) is 0 Å². The average Bonchev–Trinajstić information content (AvgIpc) is 2.06. The molecule has 1 N–H and O–H groups in total. The van der Waals surface area contributed by atoms with E-state index in [0.29, 0.717) is 5.92 Å². The molecule has 0 spiro atoms. The van der Waals surface area contributed by atoms with Crippen molar-refractivity contribution in [2.75, 3.05) is 0 Å². The lowest BCUT2D eigenvalue weighted by molar-refractivity contribution is -0.122. The quantitative estimate of drug-likeness (QED) is 0.689. The Morgan fingerprint density at radius 1 is 1.42 bits per heavy atom. The number of aliphatic hydroxyl groups is 1. The summed E-state index contributed by atoms with van der Waals surface area (Å²) in [5.74, 6) is 0.545. The van der Waals surface area contributed by atoms with E-state index in [-0.39, 0.29) is 12.8 Å². The summed E-state index contributed by atoms with van der Waals surface area (Å²) in [6.45, 7) is 2.07. The molecule has 0 aromatic carbocycles. The Balaban J connectivity index is 2.44. The summed E-state index contributed by atoms with van der Waals surface area (Å²) in [6.07, 6.45) is 0.496. The molecule has 1 aliphatic rings. The maximum absolute atomic E-state index is 12.3. The number of alkyl halides is 2. The van der Waals surface area contributed by atoms with E-state index in [1.54, 1.807) is 0 Å². The molecule has 0 bridgehead atoms. The van der Waals surface area contributed by atoms with E-state index >= 15 is 0 Å². The van der Waals surface area contributed by atoms with Crippen molar-refractivity contribution in [3.8, 4) is 0 Å². The lowest BCUT2D eigenvalue weighted by atomic mass is 9.78. The highest BCUT2D eigenvalue weighted by molar-refractivity contribution is 4.87. The molecule has 12 heavy (non-hydrogen) atoms. The summed E-state index contributed by atoms with van der Waals surface area (Å²) in [6, 6.07) is 0. The Kier molecular flexibility index (Phi) is 3.04. The number of rotatable bonds is 2. The van der Waals surface area contributed by atoms with E-state index in [2.05, 4.69) is 6.92 Å². The fraction of sp³-hybridized carbons (Fsp3) is 1.00. The van der Waals surface area contributed by atoms with Crippen molar-refractivity contribution in [3.05, 3.63) is 0 Å². The zero-order valence-corrected chi connectivity index (χ0v) is 7.39. The van der Waals surface area contributed by atoms with Gasteiger partial charge in [-0.3, -0.25) is 0 Å². The van der Waals surface area contributed by atoms with Crippen molar-refractivity contribution < 1.29 is 13.9 Å². The molecule has 0 atom stereocenters. The van der Waals surface area contributed by atoms with Crippen LogP contribution in [-0.4, -0.2) is 17.1 Å². The molecule has 0 saturated heterocycles. The van der Waals surface area contributed by atoms with Crippen LogP contribution in [0.5, 0.6) is 0 Å². The third kappa shape index (κ3) is 1.94. The third-order valence-electron chi connectivity index (χ3n) is 2.95. The molecule has 1 nitrogen and oxygen atoms in total. The van der Waals surface area contributed by atoms with Crippen LogP contribution in [0.4, 0.5) is 8.78 Å². The Labute approximate surface area is 71.8 Å². The second-order valence-corrected chi connectivity index (χ2v) is 3.76. The molecule has 0 unspecified atom stereocenters. The monoisotopic (exact) mass is 178 g/mol. The van der Waals surface area contributed by atoms with Gasteiger partial charge in [-0.15, -0.1) is 0 Å². The van der Waals surface area contributed by atoms with Crippen LogP contribution in [0.2, 0.25) is 0 Å². The van der Waals surface area contributed by atoms with Gasteiger partial charge in [0.25, 0.3) is 6.43 Å². The molecule has 0 amide bonds. The second kappa shape index (κ2) is 3.69. The smallest absolute Gasteiger partial charge is 0.266 e. The highest BCUT2D eigenvalue weighted by atomic mass is 19.3. The van der Waals surface area contributed by atoms with E-state index in [0.717, 1.165) is 19.3 Å². The third-order valence-corrected chi connectivity index (χ3v) is 2.95. The number of halogens is 2. The summed E-state index contributed by atoms with van der Waals surface area (Å²) in [5.41, 5.74) is -1.67. The van der Waals surface area contributed by atoms with Crippen molar-refractivity contribution >= 4 is 0 Å². The predicted molar refractivity (Wildman–Crippen MR) is 43.2 cm³/mol. The highest BCUT2D eigenvalue weighted by Gasteiger charge is 2.40. The predicted octanol–water partition coefficient (Wildman–Crippen LogP) is 2.58. The lowest BCUT2D eigenvalue weighted by Crippen LogP contribution is -2.40. The summed E-state index contributed by atoms with van der Waals surface area (Å²) in [4.78, 5) is 0. The second-order valence-electron chi connectivity index (χ2n) is 3.76. The molecule has 0 aromatic heterocycles. The Morgan fingerprint density at radius 3 is 2.25 bits per heavy atom. The largest absolute Gasteiger partial charge is 0.384 e. The molecule has 72 valence electrons. The van der Waals surface area contributed by atoms with Gasteiger partial charge in [-0.2, -0.15) is 0 Å². The van der Waals surface area contributed by atoms with Crippen molar-refractivity contribution in [2.45, 2.75) is 51.1 Å². The first-order chi connectivity index (χ1) is 5.58. The first-order valence-electron chi connectivity index (χ1n) is 4.59. The molecule has 0 radical (unpaired) electrons. The zero-order valence-electron chi connectivity index (χ0n) is 7.39. The van der Waals surface area contributed by atoms with E-state index in [4.69, 9.17) is 0 Å². The number of hydrogen-bond acceptors (Lipinski definition) is 1.